The monoisotopic (exact) mass is 299 g/mol. The van der Waals surface area contributed by atoms with E-state index >= 15 is 0 Å². The third kappa shape index (κ3) is 3.39. The van der Waals surface area contributed by atoms with Crippen molar-refractivity contribution >= 4 is 22.7 Å². The van der Waals surface area contributed by atoms with Gasteiger partial charge in [-0.2, -0.15) is 13.2 Å². The molecule has 0 spiro atoms. The Labute approximate surface area is 118 Å². The molecule has 1 heterocycles. The first kappa shape index (κ1) is 15.0. The number of hydrogen-bond acceptors (Lipinski definition) is 4. The van der Waals surface area contributed by atoms with Crippen LogP contribution in [0.4, 0.5) is 19.0 Å². The summed E-state index contributed by atoms with van der Waals surface area (Å²) in [5.41, 5.74) is 0.292. The molecular weight excluding hydrogens is 287 g/mol. The van der Waals surface area contributed by atoms with E-state index in [0.717, 1.165) is 4.90 Å². The highest BCUT2D eigenvalue weighted by Gasteiger charge is 2.31. The second-order valence-corrected chi connectivity index (χ2v) is 4.32. The Morgan fingerprint density at radius 3 is 2.52 bits per heavy atom. The van der Waals surface area contributed by atoms with Gasteiger partial charge in [-0.15, -0.1) is 0 Å². The van der Waals surface area contributed by atoms with Crippen LogP contribution in [0.5, 0.6) is 0 Å². The fourth-order valence-electron chi connectivity index (χ4n) is 1.95. The second kappa shape index (κ2) is 5.55. The molecular formula is C13H12F3N3O2. The predicted molar refractivity (Wildman–Crippen MR) is 70.4 cm³/mol. The lowest BCUT2D eigenvalue weighted by Gasteiger charge is -2.24. The third-order valence-electron chi connectivity index (χ3n) is 2.83. The number of carboxylic acids is 1. The van der Waals surface area contributed by atoms with E-state index in [1.807, 2.05) is 0 Å². The van der Waals surface area contributed by atoms with E-state index in [2.05, 4.69) is 9.97 Å². The lowest BCUT2D eigenvalue weighted by Crippen LogP contribution is -2.35. The minimum absolute atomic E-state index is 0.0298. The van der Waals surface area contributed by atoms with Crippen molar-refractivity contribution in [3.8, 4) is 0 Å². The number of fused-ring (bicyclic) bond motifs is 1. The fraction of sp³-hybridized carbons (Fsp3) is 0.308. The van der Waals surface area contributed by atoms with Gasteiger partial charge in [0, 0.05) is 11.9 Å². The van der Waals surface area contributed by atoms with Crippen LogP contribution in [-0.2, 0) is 0 Å². The molecule has 0 saturated carbocycles. The first-order valence-electron chi connectivity index (χ1n) is 6.13. The van der Waals surface area contributed by atoms with Gasteiger partial charge < -0.3 is 10.0 Å². The van der Waals surface area contributed by atoms with Crippen LogP contribution in [0.1, 0.15) is 17.5 Å². The topological polar surface area (TPSA) is 66.3 Å². The van der Waals surface area contributed by atoms with Crippen LogP contribution in [0.15, 0.2) is 24.3 Å². The molecule has 0 unspecified atom stereocenters. The molecule has 0 saturated heterocycles. The highest BCUT2D eigenvalue weighted by Crippen LogP contribution is 2.27. The maximum Gasteiger partial charge on any atom is 0.405 e. The van der Waals surface area contributed by atoms with Gasteiger partial charge in [-0.25, -0.2) is 14.8 Å². The van der Waals surface area contributed by atoms with Gasteiger partial charge >= 0.3 is 12.1 Å². The average Bonchev–Trinajstić information content (AvgIpc) is 2.42. The molecule has 0 bridgehead atoms. The van der Waals surface area contributed by atoms with Crippen molar-refractivity contribution < 1.29 is 23.1 Å². The molecule has 0 aliphatic carbocycles. The lowest BCUT2D eigenvalue weighted by atomic mass is 10.2. The molecule has 21 heavy (non-hydrogen) atoms. The van der Waals surface area contributed by atoms with Crippen LogP contribution in [0, 0.1) is 0 Å². The number of rotatable bonds is 4. The molecule has 0 radical (unpaired) electrons. The minimum Gasteiger partial charge on any atom is -0.475 e. The fourth-order valence-corrected chi connectivity index (χ4v) is 1.95. The summed E-state index contributed by atoms with van der Waals surface area (Å²) in [6, 6.07) is 6.37. The highest BCUT2D eigenvalue weighted by atomic mass is 19.4. The van der Waals surface area contributed by atoms with Crippen molar-refractivity contribution in [3.05, 3.63) is 30.1 Å². The molecule has 5 nitrogen and oxygen atoms in total. The maximum absolute atomic E-state index is 12.6. The van der Waals surface area contributed by atoms with Gasteiger partial charge in [0.15, 0.2) is 0 Å². The van der Waals surface area contributed by atoms with Gasteiger partial charge in [-0.1, -0.05) is 12.1 Å². The molecule has 1 aromatic carbocycles. The summed E-state index contributed by atoms with van der Waals surface area (Å²) in [6.45, 7) is 0.381. The number of alkyl halides is 3. The standard InChI is InChI=1S/C13H12F3N3O2/c1-2-19(7-13(14,15)16)11-8-5-3-4-6-9(8)17-10(18-11)12(20)21/h3-6H,2,7H2,1H3,(H,20,21). The quantitative estimate of drug-likeness (QED) is 0.940. The van der Waals surface area contributed by atoms with Crippen molar-refractivity contribution in [3.63, 3.8) is 0 Å². The molecule has 0 amide bonds. The Balaban J connectivity index is 2.61. The average molecular weight is 299 g/mol. The van der Waals surface area contributed by atoms with Crippen molar-refractivity contribution in [1.82, 2.24) is 9.97 Å². The first-order valence-corrected chi connectivity index (χ1v) is 6.13. The zero-order chi connectivity index (χ0) is 15.6. The number of halogens is 3. The smallest absolute Gasteiger partial charge is 0.405 e. The summed E-state index contributed by atoms with van der Waals surface area (Å²) in [7, 11) is 0. The Kier molecular flexibility index (Phi) is 3.97. The summed E-state index contributed by atoms with van der Waals surface area (Å²) in [4.78, 5) is 19.6. The summed E-state index contributed by atoms with van der Waals surface area (Å²) >= 11 is 0. The SMILES string of the molecule is CCN(CC(F)(F)F)c1nc(C(=O)O)nc2ccccc12. The van der Waals surface area contributed by atoms with E-state index in [1.165, 1.54) is 6.07 Å². The Morgan fingerprint density at radius 1 is 1.29 bits per heavy atom. The molecule has 8 heteroatoms. The number of carbonyl (C=O) groups is 1. The van der Waals surface area contributed by atoms with Gasteiger partial charge in [0.1, 0.15) is 12.4 Å². The predicted octanol–water partition coefficient (Wildman–Crippen LogP) is 2.72. The molecule has 1 N–H and O–H groups in total. The zero-order valence-electron chi connectivity index (χ0n) is 11.1. The summed E-state index contributed by atoms with van der Waals surface area (Å²) in [5, 5.41) is 9.37. The lowest BCUT2D eigenvalue weighted by molar-refractivity contribution is -0.119. The number of aromatic nitrogens is 2. The molecule has 0 atom stereocenters. The van der Waals surface area contributed by atoms with Crippen LogP contribution in [-0.4, -0.2) is 40.3 Å². The van der Waals surface area contributed by atoms with E-state index in [0.29, 0.717) is 10.9 Å². The molecule has 2 aromatic rings. The van der Waals surface area contributed by atoms with E-state index in [4.69, 9.17) is 5.11 Å². The van der Waals surface area contributed by atoms with Gasteiger partial charge in [0.25, 0.3) is 0 Å². The largest absolute Gasteiger partial charge is 0.475 e. The zero-order valence-corrected chi connectivity index (χ0v) is 11.1. The Bertz CT molecular complexity index is 673. The normalized spacial score (nSPS) is 11.6. The van der Waals surface area contributed by atoms with Crippen LogP contribution in [0.25, 0.3) is 10.9 Å². The van der Waals surface area contributed by atoms with Crippen molar-refractivity contribution in [2.45, 2.75) is 13.1 Å². The maximum atomic E-state index is 12.6. The summed E-state index contributed by atoms with van der Waals surface area (Å²) < 4.78 is 37.9. The van der Waals surface area contributed by atoms with Gasteiger partial charge in [-0.05, 0) is 19.1 Å². The molecule has 1 aromatic heterocycles. The van der Waals surface area contributed by atoms with Crippen molar-refractivity contribution in [1.29, 1.82) is 0 Å². The third-order valence-corrected chi connectivity index (χ3v) is 2.83. The van der Waals surface area contributed by atoms with Crippen LogP contribution < -0.4 is 4.90 Å². The second-order valence-electron chi connectivity index (χ2n) is 4.32. The number of anilines is 1. The summed E-state index contributed by atoms with van der Waals surface area (Å²) in [5.74, 6) is -1.94. The molecule has 0 fully saturated rings. The van der Waals surface area contributed by atoms with E-state index in [-0.39, 0.29) is 12.4 Å². The minimum atomic E-state index is -4.41. The number of aromatic carboxylic acids is 1. The number of carboxylic acid groups (broad SMARTS) is 1. The molecule has 112 valence electrons. The highest BCUT2D eigenvalue weighted by molar-refractivity contribution is 5.93. The van der Waals surface area contributed by atoms with E-state index < -0.39 is 24.5 Å². The van der Waals surface area contributed by atoms with Crippen LogP contribution >= 0.6 is 0 Å². The van der Waals surface area contributed by atoms with Crippen LogP contribution in [0.2, 0.25) is 0 Å². The number of para-hydroxylation sites is 1. The molecule has 0 aliphatic heterocycles. The number of benzene rings is 1. The Morgan fingerprint density at radius 2 is 1.95 bits per heavy atom. The van der Waals surface area contributed by atoms with E-state index in [9.17, 15) is 18.0 Å². The first-order chi connectivity index (χ1) is 9.81. The van der Waals surface area contributed by atoms with Crippen molar-refractivity contribution in [2.75, 3.05) is 18.0 Å². The Hall–Kier alpha value is -2.38. The van der Waals surface area contributed by atoms with E-state index in [1.54, 1.807) is 25.1 Å². The summed E-state index contributed by atoms with van der Waals surface area (Å²) in [6.07, 6.45) is -4.41. The van der Waals surface area contributed by atoms with Gasteiger partial charge in [0.05, 0.1) is 5.52 Å². The van der Waals surface area contributed by atoms with Gasteiger partial charge in [-0.3, -0.25) is 0 Å². The number of hydrogen-bond donors (Lipinski definition) is 1. The molecule has 2 rings (SSSR count). The van der Waals surface area contributed by atoms with Crippen LogP contribution in [0.3, 0.4) is 0 Å². The number of nitrogens with zero attached hydrogens (tertiary/aromatic N) is 3. The van der Waals surface area contributed by atoms with Gasteiger partial charge in [0.2, 0.25) is 5.82 Å². The molecule has 0 aliphatic rings. The van der Waals surface area contributed by atoms with Crippen molar-refractivity contribution in [2.24, 2.45) is 0 Å².